The Morgan fingerprint density at radius 2 is 2.33 bits per heavy atom. The van der Waals surface area contributed by atoms with E-state index in [9.17, 15) is 4.79 Å². The summed E-state index contributed by atoms with van der Waals surface area (Å²) >= 11 is 0. The van der Waals surface area contributed by atoms with E-state index in [1.165, 1.54) is 6.47 Å². The Bertz CT molecular complexity index is 93.5. The maximum absolute atomic E-state index is 9.71. The molecule has 0 spiro atoms. The summed E-state index contributed by atoms with van der Waals surface area (Å²) in [4.78, 5) is 9.71. The first-order chi connectivity index (χ1) is 4.12. The van der Waals surface area contributed by atoms with Gasteiger partial charge in [-0.3, -0.25) is 0 Å². The van der Waals surface area contributed by atoms with Crippen LogP contribution in [0.3, 0.4) is 0 Å². The Hall–Kier alpha value is -0.790. The van der Waals surface area contributed by atoms with E-state index in [4.69, 9.17) is 0 Å². The van der Waals surface area contributed by atoms with Crippen LogP contribution in [-0.4, -0.2) is 12.1 Å². The molecule has 0 N–H and O–H groups in total. The zero-order chi connectivity index (χ0) is 7.33. The minimum atomic E-state index is -0.441. The second kappa shape index (κ2) is 3.28. The lowest BCUT2D eigenvalue weighted by Crippen LogP contribution is -2.22. The van der Waals surface area contributed by atoms with E-state index in [1.807, 2.05) is 0 Å². The molecule has 0 bridgehead atoms. The van der Waals surface area contributed by atoms with Crippen molar-refractivity contribution in [3.05, 3.63) is 12.7 Å². The van der Waals surface area contributed by atoms with Gasteiger partial charge in [0.2, 0.25) is 0 Å². The molecule has 1 radical (unpaired) electrons. The molecular weight excluding hydrogens is 116 g/mol. The zero-order valence-electron chi connectivity index (χ0n) is 5.81. The Morgan fingerprint density at radius 1 is 1.78 bits per heavy atom. The average Bonchev–Trinajstić information content (AvgIpc) is 1.64. The highest BCUT2D eigenvalue weighted by Crippen LogP contribution is 2.12. The molecule has 0 aliphatic carbocycles. The number of hydrogen-bond acceptors (Lipinski definition) is 2. The van der Waals surface area contributed by atoms with E-state index in [2.05, 4.69) is 11.3 Å². The molecule has 0 saturated carbocycles. The van der Waals surface area contributed by atoms with Crippen LogP contribution in [0.15, 0.2) is 12.7 Å². The van der Waals surface area contributed by atoms with Crippen molar-refractivity contribution in [2.45, 2.75) is 25.9 Å². The van der Waals surface area contributed by atoms with Gasteiger partial charge in [0.15, 0.2) is 0 Å². The van der Waals surface area contributed by atoms with Crippen molar-refractivity contribution in [2.75, 3.05) is 0 Å². The van der Waals surface area contributed by atoms with Crippen LogP contribution < -0.4 is 0 Å². The largest absolute Gasteiger partial charge is 0.451 e. The molecule has 0 rings (SSSR count). The molecule has 0 heterocycles. The summed E-state index contributed by atoms with van der Waals surface area (Å²) in [7, 11) is 0. The van der Waals surface area contributed by atoms with Crippen molar-refractivity contribution in [1.29, 1.82) is 0 Å². The maximum atomic E-state index is 9.71. The van der Waals surface area contributed by atoms with Crippen molar-refractivity contribution in [3.8, 4) is 0 Å². The van der Waals surface area contributed by atoms with Gasteiger partial charge in [-0.25, -0.2) is 4.79 Å². The quantitative estimate of drug-likeness (QED) is 0.534. The van der Waals surface area contributed by atoms with E-state index >= 15 is 0 Å². The summed E-state index contributed by atoms with van der Waals surface area (Å²) < 4.78 is 4.59. The molecule has 2 nitrogen and oxygen atoms in total. The van der Waals surface area contributed by atoms with Gasteiger partial charge in [0.1, 0.15) is 5.60 Å². The molecule has 0 aromatic rings. The van der Waals surface area contributed by atoms with Crippen LogP contribution in [-0.2, 0) is 9.53 Å². The van der Waals surface area contributed by atoms with Gasteiger partial charge < -0.3 is 4.74 Å². The Kier molecular flexibility index (Phi) is 2.99. The third-order valence-electron chi connectivity index (χ3n) is 0.954. The molecule has 51 valence electrons. The second-order valence-corrected chi connectivity index (χ2v) is 2.44. The fraction of sp³-hybridized carbons (Fsp3) is 0.571. The number of ether oxygens (including phenoxy) is 1. The first kappa shape index (κ1) is 8.21. The summed E-state index contributed by atoms with van der Waals surface area (Å²) in [6, 6.07) is 0. The van der Waals surface area contributed by atoms with Gasteiger partial charge in [0, 0.05) is 6.42 Å². The molecule has 0 aliphatic rings. The van der Waals surface area contributed by atoms with Gasteiger partial charge >= 0.3 is 6.47 Å². The Labute approximate surface area is 55.5 Å². The summed E-state index contributed by atoms with van der Waals surface area (Å²) in [5.41, 5.74) is -0.441. The molecule has 0 unspecified atom stereocenters. The highest BCUT2D eigenvalue weighted by Gasteiger charge is 2.15. The molecular formula is C7H11O2. The van der Waals surface area contributed by atoms with Crippen LogP contribution in [0, 0.1) is 0 Å². The van der Waals surface area contributed by atoms with Crippen LogP contribution in [0.5, 0.6) is 0 Å². The molecule has 0 atom stereocenters. The molecule has 0 aromatic carbocycles. The maximum Gasteiger partial charge on any atom is 0.418 e. The van der Waals surface area contributed by atoms with Crippen molar-refractivity contribution in [2.24, 2.45) is 0 Å². The molecule has 0 saturated heterocycles. The van der Waals surface area contributed by atoms with Crippen LogP contribution in [0.2, 0.25) is 0 Å². The van der Waals surface area contributed by atoms with E-state index in [-0.39, 0.29) is 0 Å². The van der Waals surface area contributed by atoms with E-state index in [1.54, 1.807) is 19.9 Å². The Balaban J connectivity index is 3.68. The third-order valence-corrected chi connectivity index (χ3v) is 0.954. The number of carbonyl (C=O) groups excluding carboxylic acids is 1. The summed E-state index contributed by atoms with van der Waals surface area (Å²) in [5, 5.41) is 0. The van der Waals surface area contributed by atoms with Gasteiger partial charge in [-0.2, -0.15) is 0 Å². The SMILES string of the molecule is C=CCC(C)(C)O[C]=O. The summed E-state index contributed by atoms with van der Waals surface area (Å²) in [6.45, 7) is 8.52. The molecule has 0 aromatic heterocycles. The van der Waals surface area contributed by atoms with Crippen LogP contribution in [0.1, 0.15) is 20.3 Å². The minimum absolute atomic E-state index is 0.441. The van der Waals surface area contributed by atoms with Crippen LogP contribution in [0.4, 0.5) is 0 Å². The summed E-state index contributed by atoms with van der Waals surface area (Å²) in [6.07, 6.45) is 2.36. The smallest absolute Gasteiger partial charge is 0.418 e. The third kappa shape index (κ3) is 3.76. The molecule has 0 aliphatic heterocycles. The fourth-order valence-electron chi connectivity index (χ4n) is 0.502. The predicted molar refractivity (Wildman–Crippen MR) is 35.7 cm³/mol. The lowest BCUT2D eigenvalue weighted by molar-refractivity contribution is 0.0926. The number of hydrogen-bond donors (Lipinski definition) is 0. The van der Waals surface area contributed by atoms with E-state index in [0.717, 1.165) is 0 Å². The monoisotopic (exact) mass is 127 g/mol. The van der Waals surface area contributed by atoms with Crippen molar-refractivity contribution >= 4 is 6.47 Å². The van der Waals surface area contributed by atoms with Gasteiger partial charge in [-0.1, -0.05) is 6.08 Å². The summed E-state index contributed by atoms with van der Waals surface area (Å²) in [5.74, 6) is 0. The first-order valence-electron chi connectivity index (χ1n) is 2.78. The zero-order valence-corrected chi connectivity index (χ0v) is 5.81. The van der Waals surface area contributed by atoms with Gasteiger partial charge in [0.05, 0.1) is 0 Å². The van der Waals surface area contributed by atoms with Gasteiger partial charge in [-0.15, -0.1) is 6.58 Å². The lowest BCUT2D eigenvalue weighted by Gasteiger charge is -2.18. The van der Waals surface area contributed by atoms with Crippen molar-refractivity contribution < 1.29 is 9.53 Å². The van der Waals surface area contributed by atoms with E-state index < -0.39 is 5.60 Å². The van der Waals surface area contributed by atoms with Gasteiger partial charge in [0.25, 0.3) is 0 Å². The lowest BCUT2D eigenvalue weighted by atomic mass is 10.1. The molecule has 0 fully saturated rings. The fourth-order valence-corrected chi connectivity index (χ4v) is 0.502. The number of rotatable bonds is 4. The average molecular weight is 127 g/mol. The van der Waals surface area contributed by atoms with Crippen molar-refractivity contribution in [3.63, 3.8) is 0 Å². The Morgan fingerprint density at radius 3 is 2.67 bits per heavy atom. The standard InChI is InChI=1S/C7H11O2/c1-4-5-7(2,3)9-6-8/h4H,1,5H2,2-3H3. The minimum Gasteiger partial charge on any atom is -0.451 e. The van der Waals surface area contributed by atoms with Crippen LogP contribution in [0.25, 0.3) is 0 Å². The highest BCUT2D eigenvalue weighted by molar-refractivity contribution is 5.39. The predicted octanol–water partition coefficient (Wildman–Crippen LogP) is 1.42. The highest BCUT2D eigenvalue weighted by atomic mass is 16.5. The van der Waals surface area contributed by atoms with E-state index in [0.29, 0.717) is 6.42 Å². The topological polar surface area (TPSA) is 26.3 Å². The first-order valence-corrected chi connectivity index (χ1v) is 2.78. The van der Waals surface area contributed by atoms with Crippen molar-refractivity contribution in [1.82, 2.24) is 0 Å². The normalized spacial score (nSPS) is 10.4. The molecule has 9 heavy (non-hydrogen) atoms. The molecule has 0 amide bonds. The molecule has 2 heteroatoms. The van der Waals surface area contributed by atoms with Gasteiger partial charge in [-0.05, 0) is 13.8 Å². The van der Waals surface area contributed by atoms with Crippen LogP contribution >= 0.6 is 0 Å². The second-order valence-electron chi connectivity index (χ2n) is 2.44.